The van der Waals surface area contributed by atoms with Gasteiger partial charge in [0.15, 0.2) is 0 Å². The number of aromatic nitrogens is 1. The Hall–Kier alpha value is -1.62. The number of carbonyl (C=O) groups is 1. The highest BCUT2D eigenvalue weighted by atomic mass is 16.3. The third kappa shape index (κ3) is 3.55. The molecule has 0 fully saturated rings. The predicted molar refractivity (Wildman–Crippen MR) is 57.8 cm³/mol. The van der Waals surface area contributed by atoms with Crippen LogP contribution < -0.4 is 10.6 Å². The molecule has 1 atom stereocenters. The van der Waals surface area contributed by atoms with Gasteiger partial charge in [-0.1, -0.05) is 0 Å². The van der Waals surface area contributed by atoms with Crippen molar-refractivity contribution in [3.8, 4) is 0 Å². The number of hydrogen-bond donors (Lipinski definition) is 3. The van der Waals surface area contributed by atoms with Crippen LogP contribution in [0.4, 0.5) is 5.69 Å². The van der Waals surface area contributed by atoms with Gasteiger partial charge in [-0.05, 0) is 19.1 Å². The Morgan fingerprint density at radius 1 is 1.67 bits per heavy atom. The van der Waals surface area contributed by atoms with Crippen molar-refractivity contribution in [1.29, 1.82) is 0 Å². The standard InChI is InChI=1S/C10H15N3O2/c1-7(14)6-13-8-3-4-12-9(5-8)10(15)11-2/h3-5,7,14H,6H2,1-2H3,(H,11,15)(H,12,13). The zero-order chi connectivity index (χ0) is 11.3. The van der Waals surface area contributed by atoms with Crippen molar-refractivity contribution in [2.24, 2.45) is 0 Å². The third-order valence-corrected chi connectivity index (χ3v) is 1.82. The van der Waals surface area contributed by atoms with Crippen LogP contribution in [0.2, 0.25) is 0 Å². The molecule has 5 nitrogen and oxygen atoms in total. The topological polar surface area (TPSA) is 74.2 Å². The molecule has 0 aliphatic heterocycles. The largest absolute Gasteiger partial charge is 0.392 e. The minimum Gasteiger partial charge on any atom is -0.392 e. The van der Waals surface area contributed by atoms with E-state index in [9.17, 15) is 4.79 Å². The van der Waals surface area contributed by atoms with E-state index in [4.69, 9.17) is 5.11 Å². The maximum absolute atomic E-state index is 11.3. The Labute approximate surface area is 88.5 Å². The summed E-state index contributed by atoms with van der Waals surface area (Å²) in [6, 6.07) is 3.38. The van der Waals surface area contributed by atoms with Crippen LogP contribution >= 0.6 is 0 Å². The van der Waals surface area contributed by atoms with Crippen LogP contribution in [0.15, 0.2) is 18.3 Å². The maximum Gasteiger partial charge on any atom is 0.269 e. The molecular formula is C10H15N3O2. The van der Waals surface area contributed by atoms with Crippen molar-refractivity contribution in [1.82, 2.24) is 10.3 Å². The van der Waals surface area contributed by atoms with Crippen molar-refractivity contribution in [3.05, 3.63) is 24.0 Å². The van der Waals surface area contributed by atoms with Crippen molar-refractivity contribution in [2.75, 3.05) is 18.9 Å². The number of aliphatic hydroxyl groups excluding tert-OH is 1. The molecule has 1 rings (SSSR count). The molecule has 1 aromatic heterocycles. The van der Waals surface area contributed by atoms with Gasteiger partial charge in [0, 0.05) is 25.5 Å². The lowest BCUT2D eigenvalue weighted by Gasteiger charge is -2.08. The van der Waals surface area contributed by atoms with E-state index < -0.39 is 6.10 Å². The first-order valence-electron chi connectivity index (χ1n) is 4.73. The fraction of sp³-hybridized carbons (Fsp3) is 0.400. The second kappa shape index (κ2) is 5.31. The molecule has 1 unspecified atom stereocenters. The highest BCUT2D eigenvalue weighted by Gasteiger charge is 2.05. The van der Waals surface area contributed by atoms with E-state index in [1.54, 1.807) is 32.3 Å². The molecule has 1 aromatic rings. The molecule has 82 valence electrons. The molecular weight excluding hydrogens is 194 g/mol. The zero-order valence-electron chi connectivity index (χ0n) is 8.82. The van der Waals surface area contributed by atoms with E-state index in [0.29, 0.717) is 12.2 Å². The van der Waals surface area contributed by atoms with E-state index in [0.717, 1.165) is 5.69 Å². The van der Waals surface area contributed by atoms with Gasteiger partial charge < -0.3 is 15.7 Å². The lowest BCUT2D eigenvalue weighted by atomic mass is 10.3. The first-order valence-corrected chi connectivity index (χ1v) is 4.73. The van der Waals surface area contributed by atoms with Crippen LogP contribution in [0.5, 0.6) is 0 Å². The quantitative estimate of drug-likeness (QED) is 0.663. The summed E-state index contributed by atoms with van der Waals surface area (Å²) in [6.45, 7) is 2.13. The van der Waals surface area contributed by atoms with Gasteiger partial charge >= 0.3 is 0 Å². The van der Waals surface area contributed by atoms with Gasteiger partial charge in [-0.15, -0.1) is 0 Å². The lowest BCUT2D eigenvalue weighted by Crippen LogP contribution is -2.20. The van der Waals surface area contributed by atoms with Gasteiger partial charge in [0.1, 0.15) is 5.69 Å². The van der Waals surface area contributed by atoms with Gasteiger partial charge in [0.25, 0.3) is 5.91 Å². The Balaban J connectivity index is 2.70. The molecule has 0 saturated carbocycles. The summed E-state index contributed by atoms with van der Waals surface area (Å²) in [5.41, 5.74) is 1.12. The van der Waals surface area contributed by atoms with Gasteiger partial charge in [0.2, 0.25) is 0 Å². The first kappa shape index (κ1) is 11.5. The number of pyridine rings is 1. The van der Waals surface area contributed by atoms with Crippen LogP contribution in [0.25, 0.3) is 0 Å². The SMILES string of the molecule is CNC(=O)c1cc(NCC(C)O)ccn1. The average Bonchev–Trinajstić information content (AvgIpc) is 2.25. The third-order valence-electron chi connectivity index (χ3n) is 1.82. The van der Waals surface area contributed by atoms with Gasteiger partial charge in [-0.25, -0.2) is 0 Å². The van der Waals surface area contributed by atoms with E-state index in [1.807, 2.05) is 0 Å². The fourth-order valence-corrected chi connectivity index (χ4v) is 1.06. The van der Waals surface area contributed by atoms with Crippen molar-refractivity contribution in [3.63, 3.8) is 0 Å². The molecule has 5 heteroatoms. The summed E-state index contributed by atoms with van der Waals surface area (Å²) in [4.78, 5) is 15.2. The molecule has 0 aliphatic rings. The number of rotatable bonds is 4. The van der Waals surface area contributed by atoms with Gasteiger partial charge in [0.05, 0.1) is 6.10 Å². The summed E-state index contributed by atoms with van der Waals surface area (Å²) in [5.74, 6) is -0.226. The Morgan fingerprint density at radius 3 is 3.00 bits per heavy atom. The minimum absolute atomic E-state index is 0.226. The van der Waals surface area contributed by atoms with E-state index in [2.05, 4.69) is 15.6 Å². The summed E-state index contributed by atoms with van der Waals surface area (Å²) in [5, 5.41) is 14.6. The number of hydrogen-bond acceptors (Lipinski definition) is 4. The summed E-state index contributed by atoms with van der Waals surface area (Å²) >= 11 is 0. The lowest BCUT2D eigenvalue weighted by molar-refractivity contribution is 0.0958. The number of nitrogens with one attached hydrogen (secondary N) is 2. The molecule has 1 heterocycles. The number of carbonyl (C=O) groups excluding carboxylic acids is 1. The highest BCUT2D eigenvalue weighted by Crippen LogP contribution is 2.07. The van der Waals surface area contributed by atoms with Crippen molar-refractivity contribution < 1.29 is 9.90 Å². The predicted octanol–water partition coefficient (Wildman–Crippen LogP) is 0.234. The van der Waals surface area contributed by atoms with Crippen LogP contribution in [-0.2, 0) is 0 Å². The number of nitrogens with zero attached hydrogens (tertiary/aromatic N) is 1. The average molecular weight is 209 g/mol. The monoisotopic (exact) mass is 209 g/mol. The first-order chi connectivity index (χ1) is 7.13. The molecule has 1 amide bonds. The summed E-state index contributed by atoms with van der Waals surface area (Å²) < 4.78 is 0. The van der Waals surface area contributed by atoms with Crippen LogP contribution in [-0.4, -0.2) is 35.7 Å². The van der Waals surface area contributed by atoms with E-state index in [1.165, 1.54) is 0 Å². The molecule has 0 aliphatic carbocycles. The summed E-state index contributed by atoms with van der Waals surface area (Å²) in [6.07, 6.45) is 1.12. The number of anilines is 1. The second-order valence-corrected chi connectivity index (χ2v) is 3.24. The molecule has 0 radical (unpaired) electrons. The molecule has 15 heavy (non-hydrogen) atoms. The second-order valence-electron chi connectivity index (χ2n) is 3.24. The normalized spacial score (nSPS) is 11.9. The number of aliphatic hydroxyl groups is 1. The fourth-order valence-electron chi connectivity index (χ4n) is 1.06. The molecule has 3 N–H and O–H groups in total. The minimum atomic E-state index is -0.429. The Bertz CT molecular complexity index is 339. The number of amides is 1. The van der Waals surface area contributed by atoms with Crippen molar-refractivity contribution >= 4 is 11.6 Å². The highest BCUT2D eigenvalue weighted by molar-refractivity contribution is 5.92. The molecule has 0 spiro atoms. The van der Waals surface area contributed by atoms with Crippen molar-refractivity contribution in [2.45, 2.75) is 13.0 Å². The molecule has 0 aromatic carbocycles. The molecule has 0 bridgehead atoms. The zero-order valence-corrected chi connectivity index (χ0v) is 8.82. The Morgan fingerprint density at radius 2 is 2.40 bits per heavy atom. The van der Waals surface area contributed by atoms with Crippen LogP contribution in [0, 0.1) is 0 Å². The van der Waals surface area contributed by atoms with E-state index >= 15 is 0 Å². The maximum atomic E-state index is 11.3. The summed E-state index contributed by atoms with van der Waals surface area (Å²) in [7, 11) is 1.56. The smallest absolute Gasteiger partial charge is 0.269 e. The molecule has 0 saturated heterocycles. The van der Waals surface area contributed by atoms with E-state index in [-0.39, 0.29) is 5.91 Å². The van der Waals surface area contributed by atoms with Crippen LogP contribution in [0.3, 0.4) is 0 Å². The van der Waals surface area contributed by atoms with Gasteiger partial charge in [-0.3, -0.25) is 9.78 Å². The van der Waals surface area contributed by atoms with Gasteiger partial charge in [-0.2, -0.15) is 0 Å². The van der Waals surface area contributed by atoms with Crippen LogP contribution in [0.1, 0.15) is 17.4 Å². The Kier molecular flexibility index (Phi) is 4.05.